The van der Waals surface area contributed by atoms with Crippen LogP contribution in [0, 0.1) is 5.92 Å². The molecule has 2 N–H and O–H groups in total. The lowest BCUT2D eigenvalue weighted by molar-refractivity contribution is -0.301. The van der Waals surface area contributed by atoms with Gasteiger partial charge < -0.3 is 15.2 Å². The van der Waals surface area contributed by atoms with Gasteiger partial charge in [0.1, 0.15) is 5.75 Å². The first kappa shape index (κ1) is 19.7. The molecular formula is C16H18F3N3O4. The van der Waals surface area contributed by atoms with Crippen LogP contribution in [0.5, 0.6) is 5.75 Å². The molecule has 0 saturated heterocycles. The van der Waals surface area contributed by atoms with Crippen molar-refractivity contribution in [3.05, 3.63) is 24.3 Å². The second-order valence-electron chi connectivity index (χ2n) is 6.01. The van der Waals surface area contributed by atoms with Crippen molar-refractivity contribution in [2.24, 2.45) is 11.0 Å². The number of alkyl halides is 3. The van der Waals surface area contributed by atoms with Crippen LogP contribution >= 0.6 is 0 Å². The average Bonchev–Trinajstić information content (AvgIpc) is 2.93. The van der Waals surface area contributed by atoms with Crippen molar-refractivity contribution >= 4 is 23.2 Å². The molecule has 0 spiro atoms. The SMILES string of the molecule is COc1ccccc1NC(=O)C(=O)N1N=C(C(C)C)C[C@]1(O)C(F)(F)F. The van der Waals surface area contributed by atoms with Crippen LogP contribution in [0.2, 0.25) is 0 Å². The number of nitrogens with zero attached hydrogens (tertiary/aromatic N) is 2. The van der Waals surface area contributed by atoms with Gasteiger partial charge >= 0.3 is 18.0 Å². The van der Waals surface area contributed by atoms with Crippen LogP contribution in [-0.2, 0) is 9.59 Å². The molecule has 1 heterocycles. The number of rotatable bonds is 3. The van der Waals surface area contributed by atoms with Crippen molar-refractivity contribution in [1.82, 2.24) is 5.01 Å². The number of hydrogen-bond acceptors (Lipinski definition) is 5. The molecule has 7 nitrogen and oxygen atoms in total. The van der Waals surface area contributed by atoms with Gasteiger partial charge in [-0.3, -0.25) is 9.59 Å². The summed E-state index contributed by atoms with van der Waals surface area (Å²) in [4.78, 5) is 24.4. The van der Waals surface area contributed by atoms with E-state index in [1.165, 1.54) is 19.2 Å². The summed E-state index contributed by atoms with van der Waals surface area (Å²) in [5.74, 6) is -3.25. The largest absolute Gasteiger partial charge is 0.495 e. The van der Waals surface area contributed by atoms with Gasteiger partial charge in [0.05, 0.1) is 12.8 Å². The van der Waals surface area contributed by atoms with Crippen LogP contribution in [0.4, 0.5) is 18.9 Å². The molecule has 26 heavy (non-hydrogen) atoms. The summed E-state index contributed by atoms with van der Waals surface area (Å²) in [6.45, 7) is 3.14. The minimum atomic E-state index is -5.19. The molecule has 0 bridgehead atoms. The first-order valence-corrected chi connectivity index (χ1v) is 7.66. The number of amides is 2. The molecule has 1 atom stereocenters. The van der Waals surface area contributed by atoms with Crippen molar-refractivity contribution in [2.75, 3.05) is 12.4 Å². The van der Waals surface area contributed by atoms with Crippen LogP contribution in [0.25, 0.3) is 0 Å². The number of benzene rings is 1. The zero-order valence-corrected chi connectivity index (χ0v) is 14.3. The number of anilines is 1. The molecule has 0 unspecified atom stereocenters. The zero-order valence-electron chi connectivity index (χ0n) is 14.3. The first-order chi connectivity index (χ1) is 12.0. The van der Waals surface area contributed by atoms with E-state index in [1.807, 2.05) is 0 Å². The maximum atomic E-state index is 13.3. The summed E-state index contributed by atoms with van der Waals surface area (Å²) < 4.78 is 45.0. The second kappa shape index (κ2) is 6.94. The second-order valence-corrected chi connectivity index (χ2v) is 6.01. The molecular weight excluding hydrogens is 355 g/mol. The fourth-order valence-electron chi connectivity index (χ4n) is 2.35. The lowest BCUT2D eigenvalue weighted by Gasteiger charge is -2.32. The Morgan fingerprint density at radius 2 is 1.96 bits per heavy atom. The van der Waals surface area contributed by atoms with Crippen LogP contribution in [-0.4, -0.2) is 46.7 Å². The predicted molar refractivity (Wildman–Crippen MR) is 86.4 cm³/mol. The molecule has 10 heteroatoms. The highest BCUT2D eigenvalue weighted by molar-refractivity contribution is 6.40. The van der Waals surface area contributed by atoms with Crippen molar-refractivity contribution in [2.45, 2.75) is 32.2 Å². The van der Waals surface area contributed by atoms with Gasteiger partial charge in [-0.25, -0.2) is 0 Å². The highest BCUT2D eigenvalue weighted by Gasteiger charge is 2.64. The summed E-state index contributed by atoms with van der Waals surface area (Å²) in [6, 6.07) is 6.06. The molecule has 1 aliphatic rings. The third-order valence-electron chi connectivity index (χ3n) is 3.87. The molecule has 0 saturated carbocycles. The third-order valence-corrected chi connectivity index (χ3v) is 3.87. The van der Waals surface area contributed by atoms with Gasteiger partial charge in [-0.05, 0) is 18.1 Å². The smallest absolute Gasteiger partial charge is 0.438 e. The number of halogens is 3. The Bertz CT molecular complexity index is 749. The number of ether oxygens (including phenoxy) is 1. The number of aliphatic hydroxyl groups is 1. The van der Waals surface area contributed by atoms with Gasteiger partial charge in [0, 0.05) is 12.1 Å². The van der Waals surface area contributed by atoms with E-state index in [1.54, 1.807) is 26.0 Å². The van der Waals surface area contributed by atoms with E-state index in [9.17, 15) is 27.9 Å². The Kier molecular flexibility index (Phi) is 5.26. The molecule has 2 amide bonds. The number of methoxy groups -OCH3 is 1. The summed E-state index contributed by atoms with van der Waals surface area (Å²) in [6.07, 6.45) is -6.10. The van der Waals surface area contributed by atoms with E-state index in [-0.39, 0.29) is 22.2 Å². The van der Waals surface area contributed by atoms with E-state index in [4.69, 9.17) is 4.74 Å². The molecule has 0 radical (unpaired) electrons. The van der Waals surface area contributed by atoms with E-state index in [0.717, 1.165) is 0 Å². The molecule has 0 fully saturated rings. The topological polar surface area (TPSA) is 91.2 Å². The molecule has 0 aliphatic carbocycles. The van der Waals surface area contributed by atoms with Gasteiger partial charge in [-0.15, -0.1) is 0 Å². The molecule has 1 aromatic carbocycles. The maximum Gasteiger partial charge on any atom is 0.438 e. The van der Waals surface area contributed by atoms with E-state index < -0.39 is 36.1 Å². The normalized spacial score (nSPS) is 20.2. The number of para-hydroxylation sites is 2. The van der Waals surface area contributed by atoms with Crippen molar-refractivity contribution in [3.63, 3.8) is 0 Å². The quantitative estimate of drug-likeness (QED) is 0.794. The highest BCUT2D eigenvalue weighted by Crippen LogP contribution is 2.41. The number of nitrogens with one attached hydrogen (secondary N) is 1. The molecule has 1 aromatic rings. The third kappa shape index (κ3) is 3.50. The van der Waals surface area contributed by atoms with Gasteiger partial charge in [0.2, 0.25) is 0 Å². The van der Waals surface area contributed by atoms with E-state index in [2.05, 4.69) is 10.4 Å². The van der Waals surface area contributed by atoms with Crippen molar-refractivity contribution < 1.29 is 32.6 Å². The van der Waals surface area contributed by atoms with Crippen LogP contribution in [0.1, 0.15) is 20.3 Å². The summed E-state index contributed by atoms with van der Waals surface area (Å²) in [5.41, 5.74) is -3.51. The fourth-order valence-corrected chi connectivity index (χ4v) is 2.35. The molecule has 0 aromatic heterocycles. The number of carbonyl (C=O) groups excluding carboxylic acids is 2. The summed E-state index contributed by atoms with van der Waals surface area (Å²) in [7, 11) is 1.33. The van der Waals surface area contributed by atoms with Crippen molar-refractivity contribution in [3.8, 4) is 5.75 Å². The van der Waals surface area contributed by atoms with E-state index >= 15 is 0 Å². The standard InChI is InChI=1S/C16H18F3N3O4/c1-9(2)11-8-15(25,16(17,18)19)22(21-11)14(24)13(23)20-10-6-4-5-7-12(10)26-3/h4-7,9,25H,8H2,1-3H3,(H,20,23)/t15-/m0/s1. The fraction of sp³-hybridized carbons (Fsp3) is 0.438. The van der Waals surface area contributed by atoms with Gasteiger partial charge in [0.25, 0.3) is 5.72 Å². The minimum Gasteiger partial charge on any atom is -0.495 e. The van der Waals surface area contributed by atoms with Crippen molar-refractivity contribution in [1.29, 1.82) is 0 Å². The molecule has 1 aliphatic heterocycles. The van der Waals surface area contributed by atoms with Crippen LogP contribution in [0.15, 0.2) is 29.4 Å². The molecule has 2 rings (SSSR count). The Morgan fingerprint density at radius 1 is 1.35 bits per heavy atom. The zero-order chi connectivity index (χ0) is 19.7. The number of hydrogen-bond donors (Lipinski definition) is 2. The lowest BCUT2D eigenvalue weighted by atomic mass is 9.99. The number of hydrazone groups is 1. The first-order valence-electron chi connectivity index (χ1n) is 7.66. The Hall–Kier alpha value is -2.62. The Morgan fingerprint density at radius 3 is 2.50 bits per heavy atom. The van der Waals surface area contributed by atoms with E-state index in [0.29, 0.717) is 0 Å². The summed E-state index contributed by atoms with van der Waals surface area (Å²) in [5, 5.41) is 15.6. The summed E-state index contributed by atoms with van der Waals surface area (Å²) >= 11 is 0. The maximum absolute atomic E-state index is 13.3. The monoisotopic (exact) mass is 373 g/mol. The Balaban J connectivity index is 2.31. The van der Waals surface area contributed by atoms with Gasteiger partial charge in [-0.1, -0.05) is 26.0 Å². The average molecular weight is 373 g/mol. The molecule has 142 valence electrons. The highest BCUT2D eigenvalue weighted by atomic mass is 19.4. The lowest BCUT2D eigenvalue weighted by Crippen LogP contribution is -2.58. The predicted octanol–water partition coefficient (Wildman–Crippen LogP) is 2.13. The minimum absolute atomic E-state index is 0.0386. The van der Waals surface area contributed by atoms with Crippen LogP contribution in [0.3, 0.4) is 0 Å². The number of carbonyl (C=O) groups is 2. The van der Waals surface area contributed by atoms with Gasteiger partial charge in [-0.2, -0.15) is 23.3 Å². The van der Waals surface area contributed by atoms with Crippen LogP contribution < -0.4 is 10.1 Å². The Labute approximate surface area is 147 Å². The van der Waals surface area contributed by atoms with Gasteiger partial charge in [0.15, 0.2) is 0 Å².